The molecule has 0 radical (unpaired) electrons. The predicted octanol–water partition coefficient (Wildman–Crippen LogP) is 2.02. The number of piperidine rings is 1. The van der Waals surface area contributed by atoms with Crippen LogP contribution in [0.3, 0.4) is 0 Å². The molecule has 1 fully saturated rings. The van der Waals surface area contributed by atoms with Crippen LogP contribution in [0.5, 0.6) is 0 Å². The van der Waals surface area contributed by atoms with Crippen LogP contribution >= 0.6 is 0 Å². The minimum atomic E-state index is -0.0760. The highest BCUT2D eigenvalue weighted by atomic mass is 16.3. The maximum atomic E-state index is 9.56. The van der Waals surface area contributed by atoms with Crippen molar-refractivity contribution < 1.29 is 5.11 Å². The molecule has 0 aliphatic carbocycles. The summed E-state index contributed by atoms with van der Waals surface area (Å²) in [4.78, 5) is 2.52. The zero-order chi connectivity index (χ0) is 9.90. The van der Waals surface area contributed by atoms with E-state index in [1.165, 1.54) is 19.4 Å². The number of hydrogen-bond acceptors (Lipinski definition) is 2. The highest BCUT2D eigenvalue weighted by molar-refractivity contribution is 4.88. The Labute approximate surface area is 81.9 Å². The second-order valence-electron chi connectivity index (χ2n) is 4.80. The van der Waals surface area contributed by atoms with Crippen molar-refractivity contribution in [1.29, 1.82) is 0 Å². The molecular formula is C11H23NO. The van der Waals surface area contributed by atoms with Gasteiger partial charge in [0.05, 0.1) is 6.10 Å². The van der Waals surface area contributed by atoms with Crippen molar-refractivity contribution in [3.05, 3.63) is 0 Å². The van der Waals surface area contributed by atoms with E-state index in [1.54, 1.807) is 0 Å². The Kier molecular flexibility index (Phi) is 3.74. The van der Waals surface area contributed by atoms with Crippen molar-refractivity contribution in [3.63, 3.8) is 0 Å². The fourth-order valence-electron chi connectivity index (χ4n) is 2.18. The van der Waals surface area contributed by atoms with Crippen LogP contribution in [0.4, 0.5) is 0 Å². The van der Waals surface area contributed by atoms with E-state index < -0.39 is 0 Å². The van der Waals surface area contributed by atoms with Crippen molar-refractivity contribution in [3.8, 4) is 0 Å². The molecule has 2 heteroatoms. The number of unbranched alkanes of at least 4 members (excludes halogenated alkanes) is 1. The number of rotatable bonds is 3. The van der Waals surface area contributed by atoms with Gasteiger partial charge in [-0.2, -0.15) is 0 Å². The summed E-state index contributed by atoms with van der Waals surface area (Å²) >= 11 is 0. The molecule has 1 atom stereocenters. The molecule has 0 bridgehead atoms. The Hall–Kier alpha value is -0.0800. The Balaban J connectivity index is 2.44. The molecule has 1 rings (SSSR count). The van der Waals surface area contributed by atoms with Gasteiger partial charge in [0.2, 0.25) is 0 Å². The van der Waals surface area contributed by atoms with E-state index in [1.807, 2.05) is 0 Å². The van der Waals surface area contributed by atoms with Gasteiger partial charge in [0, 0.05) is 12.1 Å². The Morgan fingerprint density at radius 2 is 2.15 bits per heavy atom. The fraction of sp³-hybridized carbons (Fsp3) is 1.00. The summed E-state index contributed by atoms with van der Waals surface area (Å²) in [7, 11) is 0. The second kappa shape index (κ2) is 4.43. The largest absolute Gasteiger partial charge is 0.393 e. The average molecular weight is 185 g/mol. The van der Waals surface area contributed by atoms with Gasteiger partial charge < -0.3 is 5.11 Å². The summed E-state index contributed by atoms with van der Waals surface area (Å²) in [6.07, 6.45) is 4.34. The van der Waals surface area contributed by atoms with E-state index in [2.05, 4.69) is 25.7 Å². The zero-order valence-electron chi connectivity index (χ0n) is 9.21. The number of aliphatic hydroxyl groups excluding tert-OH is 1. The molecule has 0 aromatic rings. The van der Waals surface area contributed by atoms with Gasteiger partial charge in [-0.1, -0.05) is 13.3 Å². The number of likely N-dealkylation sites (tertiary alicyclic amines) is 1. The van der Waals surface area contributed by atoms with E-state index in [9.17, 15) is 5.11 Å². The van der Waals surface area contributed by atoms with Gasteiger partial charge in [-0.25, -0.2) is 0 Å². The van der Waals surface area contributed by atoms with Gasteiger partial charge in [-0.15, -0.1) is 0 Å². The predicted molar refractivity (Wildman–Crippen MR) is 55.8 cm³/mol. The first-order chi connectivity index (χ1) is 6.06. The van der Waals surface area contributed by atoms with Crippen molar-refractivity contribution in [2.24, 2.45) is 0 Å². The number of hydrogen-bond donors (Lipinski definition) is 1. The molecule has 2 nitrogen and oxygen atoms in total. The molecule has 1 N–H and O–H groups in total. The molecule has 13 heavy (non-hydrogen) atoms. The third-order valence-electron chi connectivity index (χ3n) is 3.11. The first kappa shape index (κ1) is 11.0. The number of aliphatic hydroxyl groups is 1. The fourth-order valence-corrected chi connectivity index (χ4v) is 2.18. The Morgan fingerprint density at radius 3 is 2.69 bits per heavy atom. The van der Waals surface area contributed by atoms with Crippen LogP contribution in [0.15, 0.2) is 0 Å². The normalized spacial score (nSPS) is 29.1. The van der Waals surface area contributed by atoms with Crippen LogP contribution in [-0.4, -0.2) is 34.7 Å². The molecule has 78 valence electrons. The van der Waals surface area contributed by atoms with E-state index in [0.717, 1.165) is 19.4 Å². The summed E-state index contributed by atoms with van der Waals surface area (Å²) in [5.74, 6) is 0. The summed E-state index contributed by atoms with van der Waals surface area (Å²) < 4.78 is 0. The van der Waals surface area contributed by atoms with Crippen LogP contribution in [0.25, 0.3) is 0 Å². The quantitative estimate of drug-likeness (QED) is 0.727. The van der Waals surface area contributed by atoms with Gasteiger partial charge in [0.25, 0.3) is 0 Å². The van der Waals surface area contributed by atoms with E-state index in [0.29, 0.717) is 0 Å². The minimum Gasteiger partial charge on any atom is -0.393 e. The van der Waals surface area contributed by atoms with Gasteiger partial charge in [0.15, 0.2) is 0 Å². The van der Waals surface area contributed by atoms with E-state index in [-0.39, 0.29) is 11.6 Å². The molecule has 0 aromatic carbocycles. The van der Waals surface area contributed by atoms with Crippen molar-refractivity contribution in [2.45, 2.75) is 58.1 Å². The third-order valence-corrected chi connectivity index (χ3v) is 3.11. The average Bonchev–Trinajstić information content (AvgIpc) is 2.01. The third kappa shape index (κ3) is 2.96. The molecule has 1 heterocycles. The topological polar surface area (TPSA) is 23.5 Å². The van der Waals surface area contributed by atoms with Gasteiger partial charge in [-0.05, 0) is 39.7 Å². The first-order valence-electron chi connectivity index (χ1n) is 5.49. The zero-order valence-corrected chi connectivity index (χ0v) is 9.21. The lowest BCUT2D eigenvalue weighted by atomic mass is 9.88. The maximum absolute atomic E-state index is 9.56. The molecule has 1 aliphatic rings. The lowest BCUT2D eigenvalue weighted by molar-refractivity contribution is -0.00278. The van der Waals surface area contributed by atoms with Crippen molar-refractivity contribution in [2.75, 3.05) is 13.1 Å². The highest BCUT2D eigenvalue weighted by Gasteiger charge is 2.33. The van der Waals surface area contributed by atoms with Gasteiger partial charge in [-0.3, -0.25) is 4.90 Å². The Morgan fingerprint density at radius 1 is 1.46 bits per heavy atom. The molecular weight excluding hydrogens is 162 g/mol. The maximum Gasteiger partial charge on any atom is 0.0569 e. The van der Waals surface area contributed by atoms with Crippen LogP contribution < -0.4 is 0 Å². The highest BCUT2D eigenvalue weighted by Crippen LogP contribution is 2.27. The molecule has 0 spiro atoms. The molecule has 0 saturated carbocycles. The first-order valence-corrected chi connectivity index (χ1v) is 5.49. The summed E-state index contributed by atoms with van der Waals surface area (Å²) in [5.41, 5.74) is 0.201. The summed E-state index contributed by atoms with van der Waals surface area (Å²) in [6, 6.07) is 0. The monoisotopic (exact) mass is 185 g/mol. The second-order valence-corrected chi connectivity index (χ2v) is 4.80. The standard InChI is InChI=1S/C11H23NO/c1-4-5-7-12-8-6-10(13)9-11(12,2)3/h10,13H,4-9H2,1-3H3. The number of nitrogens with zero attached hydrogens (tertiary/aromatic N) is 1. The van der Waals surface area contributed by atoms with Crippen molar-refractivity contribution in [1.82, 2.24) is 4.90 Å². The van der Waals surface area contributed by atoms with E-state index in [4.69, 9.17) is 0 Å². The SMILES string of the molecule is CCCCN1CCC(O)CC1(C)C. The molecule has 1 unspecified atom stereocenters. The smallest absolute Gasteiger partial charge is 0.0569 e. The van der Waals surface area contributed by atoms with Gasteiger partial charge in [0.1, 0.15) is 0 Å². The van der Waals surface area contributed by atoms with Crippen LogP contribution in [-0.2, 0) is 0 Å². The van der Waals surface area contributed by atoms with Gasteiger partial charge >= 0.3 is 0 Å². The minimum absolute atomic E-state index is 0.0760. The molecule has 0 aromatic heterocycles. The molecule has 1 saturated heterocycles. The Bertz CT molecular complexity index is 154. The lowest BCUT2D eigenvalue weighted by Gasteiger charge is -2.44. The van der Waals surface area contributed by atoms with Crippen molar-refractivity contribution >= 4 is 0 Å². The van der Waals surface area contributed by atoms with Crippen LogP contribution in [0.2, 0.25) is 0 Å². The summed E-state index contributed by atoms with van der Waals surface area (Å²) in [5, 5.41) is 9.56. The van der Waals surface area contributed by atoms with E-state index >= 15 is 0 Å². The molecule has 0 amide bonds. The molecule has 1 aliphatic heterocycles. The lowest BCUT2D eigenvalue weighted by Crippen LogP contribution is -2.51. The summed E-state index contributed by atoms with van der Waals surface area (Å²) in [6.45, 7) is 8.96. The van der Waals surface area contributed by atoms with Crippen LogP contribution in [0.1, 0.15) is 46.5 Å². The van der Waals surface area contributed by atoms with Crippen LogP contribution in [0, 0.1) is 0 Å².